The number of alkyl halides is 1. The Labute approximate surface area is 150 Å². The van der Waals surface area contributed by atoms with Gasteiger partial charge in [0.15, 0.2) is 6.17 Å². The molecule has 0 aliphatic carbocycles. The van der Waals surface area contributed by atoms with Gasteiger partial charge in [0, 0.05) is 18.7 Å². The van der Waals surface area contributed by atoms with Crippen LogP contribution in [0.5, 0.6) is 0 Å². The van der Waals surface area contributed by atoms with Crippen LogP contribution in [0.2, 0.25) is 0 Å². The van der Waals surface area contributed by atoms with Gasteiger partial charge in [0.25, 0.3) is 11.8 Å². The maximum Gasteiger partial charge on any atom is 0.253 e. The average molecular weight is 375 g/mol. The first-order chi connectivity index (χ1) is 12.4. The van der Waals surface area contributed by atoms with Crippen molar-refractivity contribution >= 4 is 18.0 Å². The Morgan fingerprint density at radius 1 is 1.08 bits per heavy atom. The molecule has 0 bridgehead atoms. The Morgan fingerprint density at radius 3 is 2.31 bits per heavy atom. The molecule has 4 unspecified atom stereocenters. The normalized spacial score (nSPS) is 19.2. The summed E-state index contributed by atoms with van der Waals surface area (Å²) in [7, 11) is 0. The van der Waals surface area contributed by atoms with Gasteiger partial charge in [-0.3, -0.25) is 14.5 Å². The molecule has 4 N–H and O–H groups in total. The summed E-state index contributed by atoms with van der Waals surface area (Å²) >= 11 is 0. The molecule has 1 aliphatic heterocycles. The number of imide groups is 1. The minimum absolute atomic E-state index is 0.213. The number of aliphatic hydroxyl groups excluding tert-OH is 4. The van der Waals surface area contributed by atoms with Gasteiger partial charge in [0.2, 0.25) is 0 Å². The number of unbranched alkanes of at least 4 members (excludes halogenated alkanes) is 3. The number of amides is 2. The van der Waals surface area contributed by atoms with Crippen LogP contribution in [0.4, 0.5) is 4.39 Å². The first-order valence-corrected chi connectivity index (χ1v) is 8.36. The van der Waals surface area contributed by atoms with Gasteiger partial charge in [0.05, 0.1) is 12.8 Å². The highest BCUT2D eigenvalue weighted by Gasteiger charge is 2.30. The largest absolute Gasteiger partial charge is 0.396 e. The number of nitrogens with zero attached hydrogens (tertiary/aromatic N) is 2. The number of carbonyl (C=O) groups is 2. The molecule has 1 rings (SSSR count). The van der Waals surface area contributed by atoms with E-state index in [0.717, 1.165) is 12.8 Å². The fourth-order valence-corrected chi connectivity index (χ4v) is 2.21. The maximum atomic E-state index is 13.5. The number of aliphatic hydroxyl groups is 4. The summed E-state index contributed by atoms with van der Waals surface area (Å²) < 4.78 is 13.5. The minimum Gasteiger partial charge on any atom is -0.396 e. The van der Waals surface area contributed by atoms with Crippen LogP contribution in [-0.4, -0.2) is 87.6 Å². The van der Waals surface area contributed by atoms with Crippen LogP contribution in [0.15, 0.2) is 17.3 Å². The molecule has 10 heteroatoms. The SMILES string of the molecule is O=C1C=CC(=O)N1CCCCCCO/N=C/C([18F])C(O)C(O)C(O)CO. The van der Waals surface area contributed by atoms with Crippen molar-refractivity contribution in [3.63, 3.8) is 0 Å². The monoisotopic (exact) mass is 375 g/mol. The van der Waals surface area contributed by atoms with Gasteiger partial charge < -0.3 is 25.3 Å². The fraction of sp³-hybridized carbons (Fsp3) is 0.688. The summed E-state index contributed by atoms with van der Waals surface area (Å²) in [6.07, 6.45) is -1.50. The second-order valence-electron chi connectivity index (χ2n) is 5.84. The van der Waals surface area contributed by atoms with Crippen molar-refractivity contribution < 1.29 is 39.2 Å². The van der Waals surface area contributed by atoms with Gasteiger partial charge in [-0.25, -0.2) is 4.39 Å². The van der Waals surface area contributed by atoms with E-state index in [9.17, 15) is 24.2 Å². The summed E-state index contributed by atoms with van der Waals surface area (Å²) in [6.45, 7) is -0.230. The Balaban J connectivity index is 2.06. The molecule has 0 saturated heterocycles. The highest BCUT2D eigenvalue weighted by molar-refractivity contribution is 6.12. The zero-order valence-electron chi connectivity index (χ0n) is 14.3. The van der Waals surface area contributed by atoms with E-state index in [1.165, 1.54) is 17.1 Å². The van der Waals surface area contributed by atoms with Crippen LogP contribution in [0.25, 0.3) is 0 Å². The van der Waals surface area contributed by atoms with Gasteiger partial charge in [-0.2, -0.15) is 0 Å². The van der Waals surface area contributed by atoms with Crippen molar-refractivity contribution in [2.24, 2.45) is 5.16 Å². The Hall–Kier alpha value is -1.88. The highest BCUT2D eigenvalue weighted by Crippen LogP contribution is 2.08. The zero-order valence-corrected chi connectivity index (χ0v) is 14.3. The smallest absolute Gasteiger partial charge is 0.253 e. The molecule has 0 aromatic carbocycles. The fourth-order valence-electron chi connectivity index (χ4n) is 2.21. The predicted molar refractivity (Wildman–Crippen MR) is 88.8 cm³/mol. The molecule has 0 fully saturated rings. The Kier molecular flexibility index (Phi) is 9.96. The summed E-state index contributed by atoms with van der Waals surface area (Å²) in [6, 6.07) is 0. The van der Waals surface area contributed by atoms with Gasteiger partial charge >= 0.3 is 0 Å². The van der Waals surface area contributed by atoms with Crippen LogP contribution < -0.4 is 0 Å². The van der Waals surface area contributed by atoms with E-state index in [0.29, 0.717) is 25.6 Å². The molecular weight excluding hydrogens is 350 g/mol. The summed E-state index contributed by atoms with van der Waals surface area (Å²) in [4.78, 5) is 28.6. The average Bonchev–Trinajstić information content (AvgIpc) is 2.96. The lowest BCUT2D eigenvalue weighted by Gasteiger charge is -2.22. The molecule has 0 radical (unpaired) electrons. The number of halogens is 1. The van der Waals surface area contributed by atoms with Crippen LogP contribution in [0, 0.1) is 0 Å². The molecule has 0 aromatic heterocycles. The van der Waals surface area contributed by atoms with Gasteiger partial charge in [0.1, 0.15) is 24.9 Å². The Morgan fingerprint density at radius 2 is 1.69 bits per heavy atom. The standard InChI is InChI=1S/C16H25FN2O7/c17-11(15(24)16(25)12(21)10-20)9-18-26-8-4-2-1-3-7-19-13(22)5-6-14(19)23/h5-6,9,11-12,15-16,20-21,24-25H,1-4,7-8,10H2/b18-9+/i17-1. The van der Waals surface area contributed by atoms with Crippen LogP contribution in [0.3, 0.4) is 0 Å². The number of rotatable bonds is 13. The molecule has 1 heterocycles. The molecule has 26 heavy (non-hydrogen) atoms. The molecule has 148 valence electrons. The van der Waals surface area contributed by atoms with Crippen molar-refractivity contribution in [2.45, 2.75) is 50.2 Å². The van der Waals surface area contributed by atoms with E-state index in [1.54, 1.807) is 0 Å². The molecule has 0 spiro atoms. The van der Waals surface area contributed by atoms with Crippen LogP contribution in [0.1, 0.15) is 25.7 Å². The molecule has 2 amide bonds. The van der Waals surface area contributed by atoms with E-state index in [4.69, 9.17) is 15.1 Å². The Bertz CT molecular complexity index is 497. The third-order valence-corrected chi connectivity index (χ3v) is 3.80. The highest BCUT2D eigenvalue weighted by atomic mass is 18.2. The third kappa shape index (κ3) is 7.16. The van der Waals surface area contributed by atoms with E-state index in [-0.39, 0.29) is 18.4 Å². The second kappa shape index (κ2) is 11.7. The van der Waals surface area contributed by atoms with Crippen molar-refractivity contribution in [3.05, 3.63) is 12.2 Å². The van der Waals surface area contributed by atoms with Crippen LogP contribution >= 0.6 is 0 Å². The lowest BCUT2D eigenvalue weighted by molar-refractivity contribution is -0.136. The maximum absolute atomic E-state index is 13.5. The van der Waals surface area contributed by atoms with Gasteiger partial charge in [-0.05, 0) is 19.3 Å². The number of oxime groups is 1. The van der Waals surface area contributed by atoms with Gasteiger partial charge in [-0.15, -0.1) is 0 Å². The second-order valence-corrected chi connectivity index (χ2v) is 5.84. The van der Waals surface area contributed by atoms with Crippen molar-refractivity contribution in [3.8, 4) is 0 Å². The number of hydrogen-bond donors (Lipinski definition) is 4. The van der Waals surface area contributed by atoms with Crippen LogP contribution in [-0.2, 0) is 14.4 Å². The van der Waals surface area contributed by atoms with Crippen molar-refractivity contribution in [1.29, 1.82) is 0 Å². The predicted octanol–water partition coefficient (Wildman–Crippen LogP) is -1.11. The first-order valence-electron chi connectivity index (χ1n) is 8.36. The van der Waals surface area contributed by atoms with E-state index in [1.807, 2.05) is 0 Å². The topological polar surface area (TPSA) is 140 Å². The summed E-state index contributed by atoms with van der Waals surface area (Å²) in [5.41, 5.74) is 0. The summed E-state index contributed by atoms with van der Waals surface area (Å²) in [5, 5.41) is 39.8. The summed E-state index contributed by atoms with van der Waals surface area (Å²) in [5.74, 6) is -0.598. The molecule has 9 nitrogen and oxygen atoms in total. The lowest BCUT2D eigenvalue weighted by Crippen LogP contribution is -2.44. The molecule has 0 aromatic rings. The van der Waals surface area contributed by atoms with E-state index in [2.05, 4.69) is 5.16 Å². The molecular formula is C16H25FN2O7. The molecule has 1 aliphatic rings. The zero-order chi connectivity index (χ0) is 19.5. The minimum atomic E-state index is -2.06. The quantitative estimate of drug-likeness (QED) is 0.138. The van der Waals surface area contributed by atoms with Crippen molar-refractivity contribution in [1.82, 2.24) is 4.90 Å². The van der Waals surface area contributed by atoms with E-state index < -0.39 is 31.1 Å². The lowest BCUT2D eigenvalue weighted by atomic mass is 10.1. The van der Waals surface area contributed by atoms with E-state index >= 15 is 0 Å². The molecule has 0 saturated carbocycles. The first kappa shape index (κ1) is 22.2. The number of carbonyl (C=O) groups excluding carboxylic acids is 2. The van der Waals surface area contributed by atoms with Gasteiger partial charge in [-0.1, -0.05) is 11.6 Å². The number of hydrogen-bond acceptors (Lipinski definition) is 8. The molecule has 4 atom stereocenters. The third-order valence-electron chi connectivity index (χ3n) is 3.80. The van der Waals surface area contributed by atoms with Crippen molar-refractivity contribution in [2.75, 3.05) is 19.8 Å².